The van der Waals surface area contributed by atoms with Crippen molar-refractivity contribution in [2.45, 2.75) is 65.0 Å². The van der Waals surface area contributed by atoms with E-state index in [-0.39, 0.29) is 60.4 Å². The van der Waals surface area contributed by atoms with Gasteiger partial charge in [0.2, 0.25) is 11.9 Å². The average Bonchev–Trinajstić information content (AvgIpc) is 2.86. The van der Waals surface area contributed by atoms with Gasteiger partial charge in [0.15, 0.2) is 11.2 Å². The van der Waals surface area contributed by atoms with Crippen LogP contribution >= 0.6 is 0 Å². The normalized spacial score (nSPS) is 11.4. The molecule has 0 aliphatic heterocycles. The van der Waals surface area contributed by atoms with E-state index in [9.17, 15) is 14.4 Å². The van der Waals surface area contributed by atoms with Gasteiger partial charge in [0, 0.05) is 36.5 Å². The van der Waals surface area contributed by atoms with Crippen LogP contribution in [0.2, 0.25) is 0 Å². The third-order valence-corrected chi connectivity index (χ3v) is 5.56. The summed E-state index contributed by atoms with van der Waals surface area (Å²) in [5, 5.41) is 10.4. The number of carbonyl (C=O) groups is 2. The van der Waals surface area contributed by atoms with Crippen molar-refractivity contribution in [3.8, 4) is 0 Å². The van der Waals surface area contributed by atoms with Crippen LogP contribution in [0.3, 0.4) is 0 Å². The topological polar surface area (TPSA) is 170 Å². The molecule has 12 heteroatoms. The molecular formula is C25H33LiN8O3. The molecule has 0 radical (unpaired) electrons. The van der Waals surface area contributed by atoms with E-state index in [1.807, 2.05) is 6.92 Å². The monoisotopic (exact) mass is 500 g/mol. The van der Waals surface area contributed by atoms with Crippen LogP contribution in [0.4, 0.5) is 11.6 Å². The molecule has 0 saturated heterocycles. The number of anilines is 1. The number of H-pyrrole nitrogens is 1. The first-order valence-electron chi connectivity index (χ1n) is 12.2. The van der Waals surface area contributed by atoms with Crippen molar-refractivity contribution in [2.75, 3.05) is 12.3 Å². The molecule has 0 aliphatic carbocycles. The van der Waals surface area contributed by atoms with Gasteiger partial charge in [-0.2, -0.15) is 4.98 Å². The van der Waals surface area contributed by atoms with Crippen molar-refractivity contribution < 1.29 is 28.4 Å². The Balaban J connectivity index is 0.00000481. The number of hydrogen-bond donors (Lipinski definition) is 4. The number of hydrogen-bond acceptors (Lipinski definition) is 7. The fraction of sp³-hybridized carbons (Fsp3) is 0.440. The molecule has 11 nitrogen and oxygen atoms in total. The first-order chi connectivity index (χ1) is 17.4. The van der Waals surface area contributed by atoms with Crippen molar-refractivity contribution in [1.29, 1.82) is 0 Å². The van der Waals surface area contributed by atoms with E-state index in [4.69, 9.17) is 5.73 Å². The van der Waals surface area contributed by atoms with E-state index in [2.05, 4.69) is 42.8 Å². The van der Waals surface area contributed by atoms with Crippen molar-refractivity contribution in [3.63, 3.8) is 0 Å². The number of benzene rings is 1. The van der Waals surface area contributed by atoms with Crippen LogP contribution in [0, 0.1) is 0 Å². The molecule has 192 valence electrons. The van der Waals surface area contributed by atoms with Gasteiger partial charge in [0.1, 0.15) is 0 Å². The fourth-order valence-corrected chi connectivity index (χ4v) is 3.55. The van der Waals surface area contributed by atoms with E-state index in [1.54, 1.807) is 24.3 Å². The Morgan fingerprint density at radius 1 is 1.14 bits per heavy atom. The molecule has 0 spiro atoms. The zero-order chi connectivity index (χ0) is 25.9. The molecule has 0 saturated carbocycles. The molecule has 0 fully saturated rings. The molecule has 5 N–H and O–H groups in total. The van der Waals surface area contributed by atoms with Crippen molar-refractivity contribution in [2.24, 2.45) is 0 Å². The summed E-state index contributed by atoms with van der Waals surface area (Å²) in [6.07, 6.45) is 6.65. The molecule has 2 aromatic heterocycles. The second-order valence-electron chi connectivity index (χ2n) is 8.67. The molecule has 2 heterocycles. The quantitative estimate of drug-likeness (QED) is 0.190. The standard InChI is InChI=1S/C25H34N8O3.Li/c1-3-4-8-20(34)27-13-6-5-7-16(2)30-23(35)17-9-11-18(12-10-17)28-14-19-15-29-22-21(31-19)24(36)33-25(26)32-22;/h9-12,15-16H,3-8,13-14H2,1-2H3,(H6,26,27,28,29,30,32,33,34,35,36);/q;+1/p-1/t16-;/m1./s1. The summed E-state index contributed by atoms with van der Waals surface area (Å²) in [5.41, 5.74) is 7.08. The predicted octanol–water partition coefficient (Wildman–Crippen LogP) is 0.0997. The number of nitrogens with zero attached hydrogens (tertiary/aromatic N) is 4. The number of nitrogen functional groups attached to an aromatic ring is 1. The third kappa shape index (κ3) is 9.52. The number of fused-ring (bicyclic) bond motifs is 1. The fourth-order valence-electron chi connectivity index (χ4n) is 3.55. The summed E-state index contributed by atoms with van der Waals surface area (Å²) in [6.45, 7) is 4.92. The summed E-state index contributed by atoms with van der Waals surface area (Å²) in [4.78, 5) is 50.9. The minimum atomic E-state index is -0.453. The Morgan fingerprint density at radius 3 is 2.62 bits per heavy atom. The summed E-state index contributed by atoms with van der Waals surface area (Å²) in [5.74, 6) is -0.0500. The minimum absolute atomic E-state index is 0. The maximum absolute atomic E-state index is 12.5. The van der Waals surface area contributed by atoms with E-state index in [1.165, 1.54) is 6.20 Å². The van der Waals surface area contributed by atoms with Crippen LogP contribution in [0.15, 0.2) is 35.3 Å². The summed E-state index contributed by atoms with van der Waals surface area (Å²) >= 11 is 0. The molecule has 37 heavy (non-hydrogen) atoms. The number of aromatic amines is 1. The van der Waals surface area contributed by atoms with Crippen LogP contribution in [0.25, 0.3) is 16.5 Å². The van der Waals surface area contributed by atoms with Crippen LogP contribution in [0.1, 0.15) is 68.4 Å². The van der Waals surface area contributed by atoms with Crippen LogP contribution in [-0.4, -0.2) is 44.3 Å². The SMILES string of the molecule is CCCCC(=O)NCCCC[C@@H](C)NC(=O)c1ccc([N-]Cc2cnc3nc(N)[nH]c(=O)c3n2)cc1.[Li+]. The van der Waals surface area contributed by atoms with E-state index < -0.39 is 5.56 Å². The number of rotatable bonds is 13. The second kappa shape index (κ2) is 15.0. The molecule has 2 amide bonds. The van der Waals surface area contributed by atoms with Crippen LogP contribution in [0.5, 0.6) is 0 Å². The molecule has 0 aliphatic rings. The Labute approximate surface area is 228 Å². The van der Waals surface area contributed by atoms with Gasteiger partial charge in [0.05, 0.1) is 0 Å². The van der Waals surface area contributed by atoms with Crippen LogP contribution < -0.4 is 40.8 Å². The van der Waals surface area contributed by atoms with E-state index in [0.717, 1.165) is 32.1 Å². The zero-order valence-corrected chi connectivity index (χ0v) is 21.7. The van der Waals surface area contributed by atoms with Gasteiger partial charge in [-0.1, -0.05) is 44.2 Å². The van der Waals surface area contributed by atoms with Gasteiger partial charge >= 0.3 is 18.9 Å². The minimum Gasteiger partial charge on any atom is -0.679 e. The van der Waals surface area contributed by atoms with Crippen molar-refractivity contribution in [1.82, 2.24) is 30.6 Å². The predicted molar refractivity (Wildman–Crippen MR) is 139 cm³/mol. The summed E-state index contributed by atoms with van der Waals surface area (Å²) < 4.78 is 0. The largest absolute Gasteiger partial charge is 1.00 e. The maximum Gasteiger partial charge on any atom is 1.00 e. The first kappa shape index (κ1) is 29.8. The molecule has 1 aromatic carbocycles. The average molecular weight is 501 g/mol. The number of unbranched alkanes of at least 4 members (excludes halogenated alkanes) is 2. The molecule has 3 rings (SSSR count). The third-order valence-electron chi connectivity index (χ3n) is 5.56. The molecule has 3 aromatic rings. The second-order valence-corrected chi connectivity index (χ2v) is 8.67. The number of nitrogens with one attached hydrogen (secondary N) is 3. The van der Waals surface area contributed by atoms with Crippen LogP contribution in [-0.2, 0) is 11.3 Å². The maximum atomic E-state index is 12.5. The van der Waals surface area contributed by atoms with E-state index >= 15 is 0 Å². The van der Waals surface area contributed by atoms with Gasteiger partial charge in [-0.25, -0.2) is 9.97 Å². The molecule has 0 unspecified atom stereocenters. The Bertz CT molecular complexity index is 1230. The summed E-state index contributed by atoms with van der Waals surface area (Å²) in [6, 6.07) is 6.97. The Kier molecular flexibility index (Phi) is 12.1. The number of amides is 2. The number of carbonyl (C=O) groups excluding carboxylic acids is 2. The number of aromatic nitrogens is 4. The number of nitrogens with two attached hydrogens (primary N) is 1. The van der Waals surface area contributed by atoms with Gasteiger partial charge < -0.3 is 21.7 Å². The summed E-state index contributed by atoms with van der Waals surface area (Å²) in [7, 11) is 0. The van der Waals surface area contributed by atoms with Crippen molar-refractivity contribution in [3.05, 3.63) is 57.4 Å². The Morgan fingerprint density at radius 2 is 1.89 bits per heavy atom. The molecule has 1 atom stereocenters. The van der Waals surface area contributed by atoms with E-state index in [0.29, 0.717) is 29.9 Å². The first-order valence-corrected chi connectivity index (χ1v) is 12.2. The molecule has 0 bridgehead atoms. The van der Waals surface area contributed by atoms with Gasteiger partial charge in [-0.05, 0) is 32.6 Å². The van der Waals surface area contributed by atoms with Gasteiger partial charge in [-0.15, -0.1) is 5.69 Å². The van der Waals surface area contributed by atoms with Gasteiger partial charge in [0.25, 0.3) is 11.5 Å². The smallest absolute Gasteiger partial charge is 0.679 e. The Hall–Kier alpha value is -3.42. The zero-order valence-electron chi connectivity index (χ0n) is 21.7. The van der Waals surface area contributed by atoms with Gasteiger partial charge in [-0.3, -0.25) is 19.4 Å². The molecular weight excluding hydrogens is 467 g/mol. The van der Waals surface area contributed by atoms with Crippen molar-refractivity contribution >= 4 is 34.6 Å².